The summed E-state index contributed by atoms with van der Waals surface area (Å²) in [6, 6.07) is 9.98. The Morgan fingerprint density at radius 2 is 1.80 bits per heavy atom. The van der Waals surface area contributed by atoms with E-state index in [2.05, 4.69) is 20.6 Å². The number of hydrogen-bond acceptors (Lipinski definition) is 3. The van der Waals surface area contributed by atoms with Crippen LogP contribution in [0.4, 0.5) is 19.3 Å². The number of carbonyl (C=O) groups is 1. The average Bonchev–Trinajstić information content (AvgIpc) is 2.64. The number of nitrogens with zero attached hydrogens (tertiary/aromatic N) is 2. The molecule has 3 aromatic rings. The number of pyridine rings is 2. The molecule has 0 radical (unpaired) electrons. The van der Waals surface area contributed by atoms with Gasteiger partial charge in [0, 0.05) is 30.7 Å². The number of rotatable bonds is 4. The maximum Gasteiger partial charge on any atom is 0.319 e. The van der Waals surface area contributed by atoms with Gasteiger partial charge in [-0.05, 0) is 35.9 Å². The third-order valence-electron chi connectivity index (χ3n) is 3.44. The summed E-state index contributed by atoms with van der Waals surface area (Å²) >= 11 is 0. The fourth-order valence-electron chi connectivity index (χ4n) is 2.17. The third kappa shape index (κ3) is 4.14. The van der Waals surface area contributed by atoms with Crippen molar-refractivity contribution in [3.8, 4) is 11.3 Å². The lowest BCUT2D eigenvalue weighted by Gasteiger charge is -2.09. The molecule has 2 heterocycles. The van der Waals surface area contributed by atoms with Crippen LogP contribution >= 0.6 is 0 Å². The van der Waals surface area contributed by atoms with Gasteiger partial charge in [-0.3, -0.25) is 9.97 Å². The highest BCUT2D eigenvalue weighted by atomic mass is 19.1. The summed E-state index contributed by atoms with van der Waals surface area (Å²) in [5, 5.41) is 4.68. The predicted octanol–water partition coefficient (Wildman–Crippen LogP) is 3.74. The Bertz CT molecular complexity index is 850. The summed E-state index contributed by atoms with van der Waals surface area (Å²) in [5.41, 5.74) is 1.91. The quantitative estimate of drug-likeness (QED) is 0.760. The van der Waals surface area contributed by atoms with E-state index in [-0.39, 0.29) is 6.54 Å². The normalized spacial score (nSPS) is 10.3. The van der Waals surface area contributed by atoms with Crippen LogP contribution in [0.1, 0.15) is 5.56 Å². The van der Waals surface area contributed by atoms with Crippen LogP contribution in [0.15, 0.2) is 61.1 Å². The largest absolute Gasteiger partial charge is 0.334 e. The van der Waals surface area contributed by atoms with Gasteiger partial charge < -0.3 is 10.6 Å². The molecular weight excluding hydrogens is 326 g/mol. The van der Waals surface area contributed by atoms with Crippen molar-refractivity contribution in [3.63, 3.8) is 0 Å². The van der Waals surface area contributed by atoms with E-state index in [0.29, 0.717) is 0 Å². The van der Waals surface area contributed by atoms with Crippen molar-refractivity contribution >= 4 is 11.7 Å². The van der Waals surface area contributed by atoms with E-state index < -0.39 is 23.4 Å². The number of amides is 2. The number of benzene rings is 1. The molecule has 0 aliphatic heterocycles. The van der Waals surface area contributed by atoms with Gasteiger partial charge in [0.05, 0.1) is 5.69 Å². The lowest BCUT2D eigenvalue weighted by molar-refractivity contribution is 0.251. The summed E-state index contributed by atoms with van der Waals surface area (Å²) < 4.78 is 27.0. The van der Waals surface area contributed by atoms with Crippen molar-refractivity contribution in [1.82, 2.24) is 15.3 Å². The fraction of sp³-hybridized carbons (Fsp3) is 0.0556. The Morgan fingerprint density at radius 3 is 2.44 bits per heavy atom. The zero-order valence-corrected chi connectivity index (χ0v) is 13.0. The van der Waals surface area contributed by atoms with E-state index in [1.54, 1.807) is 24.7 Å². The number of halogens is 2. The fourth-order valence-corrected chi connectivity index (χ4v) is 2.17. The molecule has 0 unspecified atom stereocenters. The number of urea groups is 1. The lowest BCUT2D eigenvalue weighted by atomic mass is 10.1. The minimum Gasteiger partial charge on any atom is -0.334 e. The molecule has 2 N–H and O–H groups in total. The zero-order valence-electron chi connectivity index (χ0n) is 13.0. The molecule has 0 fully saturated rings. The van der Waals surface area contributed by atoms with Crippen LogP contribution in [-0.2, 0) is 6.54 Å². The van der Waals surface area contributed by atoms with Gasteiger partial charge in [0.25, 0.3) is 0 Å². The molecule has 0 saturated carbocycles. The minimum atomic E-state index is -0.836. The van der Waals surface area contributed by atoms with Gasteiger partial charge in [-0.1, -0.05) is 12.1 Å². The molecule has 3 rings (SSSR count). The van der Waals surface area contributed by atoms with Crippen LogP contribution in [0.25, 0.3) is 11.3 Å². The van der Waals surface area contributed by atoms with Crippen LogP contribution in [-0.4, -0.2) is 16.0 Å². The van der Waals surface area contributed by atoms with Gasteiger partial charge in [-0.2, -0.15) is 0 Å². The van der Waals surface area contributed by atoms with Gasteiger partial charge in [-0.25, -0.2) is 13.6 Å². The molecule has 0 atom stereocenters. The average molecular weight is 340 g/mol. The maximum absolute atomic E-state index is 13.5. The molecule has 5 nitrogen and oxygen atoms in total. The maximum atomic E-state index is 13.5. The summed E-state index contributed by atoms with van der Waals surface area (Å²) in [6.07, 6.45) is 5.00. The van der Waals surface area contributed by atoms with Crippen molar-refractivity contribution in [2.75, 3.05) is 5.32 Å². The zero-order chi connectivity index (χ0) is 17.6. The van der Waals surface area contributed by atoms with E-state index in [1.807, 2.05) is 18.2 Å². The smallest absolute Gasteiger partial charge is 0.319 e. The van der Waals surface area contributed by atoms with E-state index >= 15 is 0 Å². The molecule has 1 aromatic carbocycles. The van der Waals surface area contributed by atoms with E-state index in [1.165, 1.54) is 6.07 Å². The second kappa shape index (κ2) is 7.48. The lowest BCUT2D eigenvalue weighted by Crippen LogP contribution is -2.29. The summed E-state index contributed by atoms with van der Waals surface area (Å²) in [7, 11) is 0. The van der Waals surface area contributed by atoms with Gasteiger partial charge in [0.15, 0.2) is 0 Å². The summed E-state index contributed by atoms with van der Waals surface area (Å²) in [6.45, 7) is 0.169. The molecule has 7 heteroatoms. The number of aromatic nitrogens is 2. The Balaban J connectivity index is 1.59. The van der Waals surface area contributed by atoms with E-state index in [0.717, 1.165) is 29.0 Å². The highest BCUT2D eigenvalue weighted by Gasteiger charge is 2.11. The molecule has 0 bridgehead atoms. The second-order valence-corrected chi connectivity index (χ2v) is 5.20. The summed E-state index contributed by atoms with van der Waals surface area (Å²) in [5.74, 6) is -1.67. The van der Waals surface area contributed by atoms with Crippen LogP contribution < -0.4 is 10.6 Å². The number of nitrogens with one attached hydrogen (secondary N) is 2. The van der Waals surface area contributed by atoms with Crippen molar-refractivity contribution in [2.45, 2.75) is 6.54 Å². The van der Waals surface area contributed by atoms with Crippen LogP contribution in [0, 0.1) is 11.6 Å². The van der Waals surface area contributed by atoms with Crippen LogP contribution in [0.5, 0.6) is 0 Å². The molecule has 2 aromatic heterocycles. The summed E-state index contributed by atoms with van der Waals surface area (Å²) in [4.78, 5) is 20.1. The first-order chi connectivity index (χ1) is 12.1. The van der Waals surface area contributed by atoms with Crippen LogP contribution in [0.3, 0.4) is 0 Å². The topological polar surface area (TPSA) is 66.9 Å². The Kier molecular flexibility index (Phi) is 4.94. The molecule has 25 heavy (non-hydrogen) atoms. The number of para-hydroxylation sites is 1. The van der Waals surface area contributed by atoms with Gasteiger partial charge in [-0.15, -0.1) is 0 Å². The molecule has 0 aliphatic carbocycles. The van der Waals surface area contributed by atoms with Gasteiger partial charge in [0.2, 0.25) is 0 Å². The second-order valence-electron chi connectivity index (χ2n) is 5.20. The van der Waals surface area contributed by atoms with Crippen molar-refractivity contribution < 1.29 is 13.6 Å². The van der Waals surface area contributed by atoms with Crippen molar-refractivity contribution in [2.24, 2.45) is 0 Å². The molecular formula is C18H14F2N4O. The SMILES string of the molecule is O=C(NCc1ccc(-c2cccnc2)nc1)Nc1c(F)cccc1F. The van der Waals surface area contributed by atoms with Crippen molar-refractivity contribution in [3.05, 3.63) is 78.3 Å². The van der Waals surface area contributed by atoms with Crippen molar-refractivity contribution in [1.29, 1.82) is 0 Å². The van der Waals surface area contributed by atoms with E-state index in [9.17, 15) is 13.6 Å². The Labute approximate surface area is 142 Å². The number of anilines is 1. The molecule has 0 saturated heterocycles. The molecule has 2 amide bonds. The Morgan fingerprint density at radius 1 is 1.00 bits per heavy atom. The number of carbonyl (C=O) groups excluding carboxylic acids is 1. The molecule has 0 aliphatic rings. The minimum absolute atomic E-state index is 0.169. The van der Waals surface area contributed by atoms with Crippen LogP contribution in [0.2, 0.25) is 0 Å². The highest BCUT2D eigenvalue weighted by molar-refractivity contribution is 5.89. The van der Waals surface area contributed by atoms with E-state index in [4.69, 9.17) is 0 Å². The molecule has 0 spiro atoms. The first kappa shape index (κ1) is 16.5. The first-order valence-corrected chi connectivity index (χ1v) is 7.47. The monoisotopic (exact) mass is 340 g/mol. The number of hydrogen-bond donors (Lipinski definition) is 2. The first-order valence-electron chi connectivity index (χ1n) is 7.47. The Hall–Kier alpha value is -3.35. The van der Waals surface area contributed by atoms with Gasteiger partial charge in [0.1, 0.15) is 17.3 Å². The van der Waals surface area contributed by atoms with Gasteiger partial charge >= 0.3 is 6.03 Å². The highest BCUT2D eigenvalue weighted by Crippen LogP contribution is 2.18. The standard InChI is InChI=1S/C18H14F2N4O/c19-14-4-1-5-15(20)17(14)24-18(25)23-10-12-6-7-16(22-9-12)13-3-2-8-21-11-13/h1-9,11H,10H2,(H2,23,24,25). The third-order valence-corrected chi connectivity index (χ3v) is 3.44. The molecule has 126 valence electrons. The predicted molar refractivity (Wildman–Crippen MR) is 89.7 cm³/mol.